The monoisotopic (exact) mass is 513 g/mol. The number of hydrogen-bond acceptors (Lipinski definition) is 8. The summed E-state index contributed by atoms with van der Waals surface area (Å²) >= 11 is 0. The first kappa shape index (κ1) is 24.0. The Morgan fingerprint density at radius 3 is 2.21 bits per heavy atom. The van der Waals surface area contributed by atoms with Crippen LogP contribution in [0.5, 0.6) is 0 Å². The van der Waals surface area contributed by atoms with Crippen LogP contribution in [-0.4, -0.2) is 67.6 Å². The Labute approximate surface area is 219 Å². The van der Waals surface area contributed by atoms with E-state index in [9.17, 15) is 4.39 Å². The molecule has 0 spiro atoms. The van der Waals surface area contributed by atoms with Crippen LogP contribution in [0.25, 0.3) is 16.6 Å². The van der Waals surface area contributed by atoms with Gasteiger partial charge in [-0.25, -0.2) is 23.9 Å². The lowest BCUT2D eigenvalue weighted by atomic mass is 9.90. The molecule has 10 nitrogen and oxygen atoms in total. The fourth-order valence-electron chi connectivity index (χ4n) is 4.91. The summed E-state index contributed by atoms with van der Waals surface area (Å²) in [6.07, 6.45) is 11.0. The van der Waals surface area contributed by atoms with Crippen molar-refractivity contribution in [3.05, 3.63) is 84.6 Å². The first-order valence-corrected chi connectivity index (χ1v) is 12.4. The lowest BCUT2D eigenvalue weighted by molar-refractivity contribution is 0.0384. The van der Waals surface area contributed by atoms with Gasteiger partial charge in [-0.15, -0.1) is 0 Å². The van der Waals surface area contributed by atoms with Crippen LogP contribution in [0.4, 0.5) is 16.2 Å². The number of piperazine rings is 1. The van der Waals surface area contributed by atoms with E-state index in [0.29, 0.717) is 5.95 Å². The van der Waals surface area contributed by atoms with Gasteiger partial charge in [0, 0.05) is 81.8 Å². The first-order valence-electron chi connectivity index (χ1n) is 12.4. The number of rotatable bonds is 6. The van der Waals surface area contributed by atoms with Crippen LogP contribution in [0.1, 0.15) is 18.1 Å². The molecule has 6 rings (SSSR count). The highest BCUT2D eigenvalue weighted by molar-refractivity contribution is 5.77. The Hall–Kier alpha value is -4.38. The van der Waals surface area contributed by atoms with E-state index < -0.39 is 5.60 Å². The molecule has 0 saturated carbocycles. The van der Waals surface area contributed by atoms with E-state index in [0.717, 1.165) is 59.8 Å². The molecule has 0 radical (unpaired) electrons. The van der Waals surface area contributed by atoms with Crippen molar-refractivity contribution in [2.24, 2.45) is 7.05 Å². The van der Waals surface area contributed by atoms with Crippen LogP contribution in [0, 0.1) is 5.82 Å². The minimum absolute atomic E-state index is 0.286. The van der Waals surface area contributed by atoms with Crippen LogP contribution in [0.15, 0.2) is 67.6 Å². The predicted molar refractivity (Wildman–Crippen MR) is 142 cm³/mol. The van der Waals surface area contributed by atoms with Gasteiger partial charge in [-0.3, -0.25) is 4.68 Å². The summed E-state index contributed by atoms with van der Waals surface area (Å²) in [6.45, 7) is 4.99. The highest BCUT2D eigenvalue weighted by Crippen LogP contribution is 2.33. The number of benzene rings is 1. The normalized spacial score (nSPS) is 15.7. The maximum atomic E-state index is 13.4. The topological polar surface area (TPSA) is 89.5 Å². The molecule has 1 atom stereocenters. The van der Waals surface area contributed by atoms with Crippen LogP contribution in [0.3, 0.4) is 0 Å². The number of anilines is 2. The van der Waals surface area contributed by atoms with Gasteiger partial charge in [0.1, 0.15) is 23.3 Å². The van der Waals surface area contributed by atoms with E-state index >= 15 is 0 Å². The Balaban J connectivity index is 1.17. The Bertz CT molecular complexity index is 1560. The smallest absolute Gasteiger partial charge is 0.225 e. The number of methoxy groups -OCH3 is 1. The minimum atomic E-state index is -0.783. The molecule has 1 saturated heterocycles. The zero-order valence-corrected chi connectivity index (χ0v) is 21.5. The van der Waals surface area contributed by atoms with Crippen molar-refractivity contribution in [1.82, 2.24) is 34.3 Å². The van der Waals surface area contributed by atoms with Crippen LogP contribution in [0.2, 0.25) is 0 Å². The van der Waals surface area contributed by atoms with Crippen molar-refractivity contribution in [2.45, 2.75) is 12.5 Å². The number of nitrogens with zero attached hydrogens (tertiary/aromatic N) is 9. The molecule has 1 aliphatic rings. The van der Waals surface area contributed by atoms with Crippen molar-refractivity contribution in [3.8, 4) is 11.1 Å². The quantitative estimate of drug-likeness (QED) is 0.342. The maximum absolute atomic E-state index is 13.4. The van der Waals surface area contributed by atoms with E-state index in [-0.39, 0.29) is 5.82 Å². The molecule has 1 aliphatic heterocycles. The van der Waals surface area contributed by atoms with Crippen LogP contribution in [-0.2, 0) is 17.4 Å². The summed E-state index contributed by atoms with van der Waals surface area (Å²) in [6, 6.07) is 8.41. The highest BCUT2D eigenvalue weighted by Gasteiger charge is 2.30. The second-order valence-electron chi connectivity index (χ2n) is 9.54. The van der Waals surface area contributed by atoms with E-state index in [1.54, 1.807) is 42.6 Å². The Kier molecular flexibility index (Phi) is 5.99. The molecular weight excluding hydrogens is 485 g/mol. The maximum Gasteiger partial charge on any atom is 0.225 e. The Morgan fingerprint density at radius 1 is 0.842 bits per heavy atom. The summed E-state index contributed by atoms with van der Waals surface area (Å²) in [5.41, 5.74) is 3.90. The van der Waals surface area contributed by atoms with Crippen molar-refractivity contribution in [1.29, 1.82) is 0 Å². The second-order valence-corrected chi connectivity index (χ2v) is 9.54. The lowest BCUT2D eigenvalue weighted by Crippen LogP contribution is -2.47. The van der Waals surface area contributed by atoms with Gasteiger partial charge in [-0.05, 0) is 30.7 Å². The minimum Gasteiger partial charge on any atom is -0.369 e. The number of fused-ring (bicyclic) bond motifs is 1. The molecule has 4 aromatic heterocycles. The molecule has 0 unspecified atom stereocenters. The molecule has 0 bridgehead atoms. The van der Waals surface area contributed by atoms with Crippen LogP contribution < -0.4 is 9.80 Å². The van der Waals surface area contributed by atoms with Crippen molar-refractivity contribution < 1.29 is 9.13 Å². The van der Waals surface area contributed by atoms with Gasteiger partial charge in [0.15, 0.2) is 5.82 Å². The highest BCUT2D eigenvalue weighted by atomic mass is 19.1. The van der Waals surface area contributed by atoms with E-state index in [1.807, 2.05) is 37.1 Å². The van der Waals surface area contributed by atoms with Gasteiger partial charge in [-0.2, -0.15) is 10.2 Å². The van der Waals surface area contributed by atoms with E-state index in [2.05, 4.69) is 41.0 Å². The van der Waals surface area contributed by atoms with Gasteiger partial charge in [-0.1, -0.05) is 12.1 Å². The third-order valence-electron chi connectivity index (χ3n) is 7.28. The number of hydrogen-bond donors (Lipinski definition) is 0. The molecular formula is C27H28FN9O. The summed E-state index contributed by atoms with van der Waals surface area (Å²) in [5.74, 6) is 1.29. The molecule has 5 aromatic rings. The fourth-order valence-corrected chi connectivity index (χ4v) is 4.91. The zero-order chi connectivity index (χ0) is 26.3. The van der Waals surface area contributed by atoms with Gasteiger partial charge >= 0.3 is 0 Å². The molecule has 5 heterocycles. The molecule has 38 heavy (non-hydrogen) atoms. The lowest BCUT2D eigenvalue weighted by Gasteiger charge is -2.35. The zero-order valence-electron chi connectivity index (χ0n) is 21.5. The van der Waals surface area contributed by atoms with Crippen LogP contribution >= 0.6 is 0 Å². The molecule has 1 fully saturated rings. The third kappa shape index (κ3) is 4.24. The summed E-state index contributed by atoms with van der Waals surface area (Å²) in [5, 5.41) is 8.68. The van der Waals surface area contributed by atoms with Gasteiger partial charge in [0.05, 0.1) is 6.20 Å². The van der Waals surface area contributed by atoms with Crippen molar-refractivity contribution in [2.75, 3.05) is 43.1 Å². The second kappa shape index (κ2) is 9.49. The van der Waals surface area contributed by atoms with Gasteiger partial charge in [0.25, 0.3) is 0 Å². The van der Waals surface area contributed by atoms with E-state index in [4.69, 9.17) is 4.74 Å². The SMILES string of the molecule is CO[C@](C)(c1ccc(F)cc1)c1cnc(N2CCN(c3ncnn4cc(-c5cnn(C)c5)cc34)CC2)nc1. The Morgan fingerprint density at radius 2 is 1.55 bits per heavy atom. The summed E-state index contributed by atoms with van der Waals surface area (Å²) in [7, 11) is 3.54. The summed E-state index contributed by atoms with van der Waals surface area (Å²) < 4.78 is 22.9. The average molecular weight is 514 g/mol. The standard InChI is InChI=1S/C27H28FN9O/c1-27(38-3,21-4-6-23(28)7-5-21)22-14-29-26(30-15-22)36-10-8-35(9-11-36)25-24-12-19(17-37(24)33-18-31-25)20-13-32-34(2)16-20/h4-7,12-18H,8-11H2,1-3H3/t27-/m1/s1. The molecule has 194 valence electrons. The first-order chi connectivity index (χ1) is 18.4. The fraction of sp³-hybridized carbons (Fsp3) is 0.296. The molecule has 0 amide bonds. The molecule has 1 aromatic carbocycles. The number of aryl methyl sites for hydroxylation is 1. The van der Waals surface area contributed by atoms with Gasteiger partial charge < -0.3 is 14.5 Å². The largest absolute Gasteiger partial charge is 0.369 e. The van der Waals surface area contributed by atoms with Crippen molar-refractivity contribution in [3.63, 3.8) is 0 Å². The molecule has 11 heteroatoms. The van der Waals surface area contributed by atoms with Gasteiger partial charge in [0.2, 0.25) is 5.95 Å². The number of halogens is 1. The number of ether oxygens (including phenoxy) is 1. The summed E-state index contributed by atoms with van der Waals surface area (Å²) in [4.78, 5) is 18.3. The molecule has 0 aliphatic carbocycles. The van der Waals surface area contributed by atoms with Crippen molar-refractivity contribution >= 4 is 17.3 Å². The molecule has 0 N–H and O–H groups in total. The number of aromatic nitrogens is 7. The van der Waals surface area contributed by atoms with E-state index in [1.165, 1.54) is 12.1 Å². The predicted octanol–water partition coefficient (Wildman–Crippen LogP) is 3.30. The third-order valence-corrected chi connectivity index (χ3v) is 7.28. The average Bonchev–Trinajstić information content (AvgIpc) is 3.59.